The summed E-state index contributed by atoms with van der Waals surface area (Å²) in [5.74, 6) is 0.959. The minimum absolute atomic E-state index is 0.351. The van der Waals surface area contributed by atoms with E-state index in [1.165, 1.54) is 0 Å². The lowest BCUT2D eigenvalue weighted by Crippen LogP contribution is -2.45. The number of hydrogen-bond acceptors (Lipinski definition) is 3. The van der Waals surface area contributed by atoms with Crippen LogP contribution in [0.25, 0.3) is 0 Å². The van der Waals surface area contributed by atoms with Crippen LogP contribution in [0.3, 0.4) is 0 Å². The van der Waals surface area contributed by atoms with E-state index in [1.807, 2.05) is 30.3 Å². The lowest BCUT2D eigenvalue weighted by atomic mass is 10.2. The Bertz CT molecular complexity index is 332. The Kier molecular flexibility index (Phi) is 5.02. The third-order valence-corrected chi connectivity index (χ3v) is 3.13. The molecule has 1 fully saturated rings. The molecule has 0 saturated carbocycles. The van der Waals surface area contributed by atoms with Crippen molar-refractivity contribution in [2.75, 3.05) is 26.2 Å². The van der Waals surface area contributed by atoms with Crippen LogP contribution in [0.15, 0.2) is 30.3 Å². The molecule has 0 bridgehead atoms. The summed E-state index contributed by atoms with van der Waals surface area (Å²) in [7, 11) is 0. The number of hydrogen-bond donors (Lipinski definition) is 0. The maximum absolute atomic E-state index is 5.72. The molecule has 1 aromatic carbocycles. The second kappa shape index (κ2) is 6.76. The molecule has 1 heterocycles. The molecule has 18 heavy (non-hydrogen) atoms. The molecule has 0 unspecified atom stereocenters. The predicted molar refractivity (Wildman–Crippen MR) is 73.0 cm³/mol. The standard InChI is InChI=1S/C15H23NO2/c1-13-11-16(12-14(2)18-13)9-6-10-17-15-7-4-3-5-8-15/h3-5,7-8,13-14H,6,9-12H2,1-2H3/t13-,14+. The third-order valence-electron chi connectivity index (χ3n) is 3.13. The Hall–Kier alpha value is -1.06. The van der Waals surface area contributed by atoms with E-state index in [0.717, 1.165) is 38.4 Å². The first-order valence-electron chi connectivity index (χ1n) is 6.79. The minimum Gasteiger partial charge on any atom is -0.494 e. The van der Waals surface area contributed by atoms with Crippen LogP contribution in [0.1, 0.15) is 20.3 Å². The largest absolute Gasteiger partial charge is 0.494 e. The summed E-state index contributed by atoms with van der Waals surface area (Å²) in [4.78, 5) is 2.47. The van der Waals surface area contributed by atoms with Crippen LogP contribution >= 0.6 is 0 Å². The smallest absolute Gasteiger partial charge is 0.119 e. The highest BCUT2D eigenvalue weighted by molar-refractivity contribution is 5.20. The summed E-state index contributed by atoms with van der Waals surface area (Å²) < 4.78 is 11.4. The van der Waals surface area contributed by atoms with Crippen LogP contribution in [-0.4, -0.2) is 43.3 Å². The Morgan fingerprint density at radius 3 is 2.50 bits per heavy atom. The number of ether oxygens (including phenoxy) is 2. The molecule has 1 aliphatic rings. The molecule has 0 aliphatic carbocycles. The van der Waals surface area contributed by atoms with E-state index < -0.39 is 0 Å². The molecule has 2 rings (SSSR count). The molecule has 0 radical (unpaired) electrons. The van der Waals surface area contributed by atoms with Crippen molar-refractivity contribution in [3.05, 3.63) is 30.3 Å². The van der Waals surface area contributed by atoms with Gasteiger partial charge in [-0.2, -0.15) is 0 Å². The van der Waals surface area contributed by atoms with Crippen molar-refractivity contribution in [1.29, 1.82) is 0 Å². The van der Waals surface area contributed by atoms with Crippen molar-refractivity contribution in [2.45, 2.75) is 32.5 Å². The van der Waals surface area contributed by atoms with Gasteiger partial charge in [0.05, 0.1) is 18.8 Å². The van der Waals surface area contributed by atoms with E-state index in [9.17, 15) is 0 Å². The summed E-state index contributed by atoms with van der Waals surface area (Å²) >= 11 is 0. The Morgan fingerprint density at radius 2 is 1.83 bits per heavy atom. The second-order valence-corrected chi connectivity index (χ2v) is 5.03. The molecule has 0 N–H and O–H groups in total. The predicted octanol–water partition coefficient (Wildman–Crippen LogP) is 2.56. The molecule has 100 valence electrons. The van der Waals surface area contributed by atoms with E-state index in [2.05, 4.69) is 18.7 Å². The van der Waals surface area contributed by atoms with E-state index in [0.29, 0.717) is 12.2 Å². The first-order valence-corrected chi connectivity index (χ1v) is 6.79. The van der Waals surface area contributed by atoms with Gasteiger partial charge in [0.15, 0.2) is 0 Å². The number of morpholine rings is 1. The fourth-order valence-corrected chi connectivity index (χ4v) is 2.46. The Balaban J connectivity index is 1.63. The van der Waals surface area contributed by atoms with Crippen LogP contribution in [-0.2, 0) is 4.74 Å². The van der Waals surface area contributed by atoms with Crippen molar-refractivity contribution in [3.63, 3.8) is 0 Å². The molecule has 2 atom stereocenters. The fraction of sp³-hybridized carbons (Fsp3) is 0.600. The Labute approximate surface area is 110 Å². The third kappa shape index (κ3) is 4.31. The summed E-state index contributed by atoms with van der Waals surface area (Å²) in [6.07, 6.45) is 1.77. The van der Waals surface area contributed by atoms with Crippen molar-refractivity contribution in [3.8, 4) is 5.75 Å². The van der Waals surface area contributed by atoms with Crippen LogP contribution < -0.4 is 4.74 Å². The number of nitrogens with zero attached hydrogens (tertiary/aromatic N) is 1. The summed E-state index contributed by atoms with van der Waals surface area (Å²) in [5, 5.41) is 0. The molecule has 1 saturated heterocycles. The highest BCUT2D eigenvalue weighted by Gasteiger charge is 2.21. The van der Waals surface area contributed by atoms with E-state index in [-0.39, 0.29) is 0 Å². The lowest BCUT2D eigenvalue weighted by molar-refractivity contribution is -0.0686. The molecule has 1 aromatic rings. The van der Waals surface area contributed by atoms with Gasteiger partial charge in [-0.1, -0.05) is 18.2 Å². The van der Waals surface area contributed by atoms with Crippen molar-refractivity contribution < 1.29 is 9.47 Å². The second-order valence-electron chi connectivity index (χ2n) is 5.03. The van der Waals surface area contributed by atoms with Gasteiger partial charge in [0.1, 0.15) is 5.75 Å². The van der Waals surface area contributed by atoms with Crippen LogP contribution in [0.2, 0.25) is 0 Å². The zero-order chi connectivity index (χ0) is 12.8. The van der Waals surface area contributed by atoms with Gasteiger partial charge in [-0.3, -0.25) is 4.90 Å². The zero-order valence-corrected chi connectivity index (χ0v) is 11.3. The average molecular weight is 249 g/mol. The van der Waals surface area contributed by atoms with Gasteiger partial charge in [0.2, 0.25) is 0 Å². The molecule has 0 spiro atoms. The Morgan fingerprint density at radius 1 is 1.17 bits per heavy atom. The first kappa shape index (κ1) is 13.4. The van der Waals surface area contributed by atoms with E-state index in [4.69, 9.17) is 9.47 Å². The van der Waals surface area contributed by atoms with Crippen molar-refractivity contribution >= 4 is 0 Å². The molecule has 3 heteroatoms. The van der Waals surface area contributed by atoms with E-state index in [1.54, 1.807) is 0 Å². The molecule has 0 aromatic heterocycles. The monoisotopic (exact) mass is 249 g/mol. The maximum Gasteiger partial charge on any atom is 0.119 e. The normalized spacial score (nSPS) is 25.0. The topological polar surface area (TPSA) is 21.7 Å². The summed E-state index contributed by atoms with van der Waals surface area (Å²) in [6, 6.07) is 10.0. The molecular weight excluding hydrogens is 226 g/mol. The van der Waals surface area contributed by atoms with Gasteiger partial charge >= 0.3 is 0 Å². The van der Waals surface area contributed by atoms with Crippen LogP contribution in [0, 0.1) is 0 Å². The molecule has 1 aliphatic heterocycles. The van der Waals surface area contributed by atoms with Crippen molar-refractivity contribution in [2.24, 2.45) is 0 Å². The lowest BCUT2D eigenvalue weighted by Gasteiger charge is -2.35. The van der Waals surface area contributed by atoms with Gasteiger partial charge in [-0.25, -0.2) is 0 Å². The van der Waals surface area contributed by atoms with Gasteiger partial charge in [-0.15, -0.1) is 0 Å². The van der Waals surface area contributed by atoms with Crippen molar-refractivity contribution in [1.82, 2.24) is 4.90 Å². The minimum atomic E-state index is 0.351. The number of para-hydroxylation sites is 1. The zero-order valence-electron chi connectivity index (χ0n) is 11.3. The van der Waals surface area contributed by atoms with Gasteiger partial charge in [-0.05, 0) is 32.4 Å². The fourth-order valence-electron chi connectivity index (χ4n) is 2.46. The van der Waals surface area contributed by atoms with Crippen LogP contribution in [0.4, 0.5) is 0 Å². The maximum atomic E-state index is 5.72. The molecular formula is C15H23NO2. The van der Waals surface area contributed by atoms with Gasteiger partial charge < -0.3 is 9.47 Å². The first-order chi connectivity index (χ1) is 8.74. The average Bonchev–Trinajstić information content (AvgIpc) is 2.35. The quantitative estimate of drug-likeness (QED) is 0.749. The summed E-state index contributed by atoms with van der Waals surface area (Å²) in [6.45, 7) is 8.23. The molecule has 3 nitrogen and oxygen atoms in total. The highest BCUT2D eigenvalue weighted by atomic mass is 16.5. The SMILES string of the molecule is C[C@@H]1CN(CCCOc2ccccc2)C[C@H](C)O1. The van der Waals surface area contributed by atoms with E-state index >= 15 is 0 Å². The van der Waals surface area contributed by atoms with Crippen LogP contribution in [0.5, 0.6) is 5.75 Å². The number of rotatable bonds is 5. The van der Waals surface area contributed by atoms with Gasteiger partial charge in [0, 0.05) is 19.6 Å². The summed E-state index contributed by atoms with van der Waals surface area (Å²) in [5.41, 5.74) is 0. The number of benzene rings is 1. The van der Waals surface area contributed by atoms with Gasteiger partial charge in [0.25, 0.3) is 0 Å². The molecule has 0 amide bonds. The highest BCUT2D eigenvalue weighted by Crippen LogP contribution is 2.12.